The van der Waals surface area contributed by atoms with E-state index >= 15 is 0 Å². The number of likely N-dealkylation sites (tertiary alicyclic amines) is 1. The Bertz CT molecular complexity index is 637. The van der Waals surface area contributed by atoms with Gasteiger partial charge in [0.05, 0.1) is 32.4 Å². The molecular formula is C22H37IN4O2. The first-order chi connectivity index (χ1) is 13.7. The van der Waals surface area contributed by atoms with Gasteiger partial charge in [-0.15, -0.1) is 24.0 Å². The van der Waals surface area contributed by atoms with E-state index in [-0.39, 0.29) is 30.0 Å². The van der Waals surface area contributed by atoms with E-state index in [2.05, 4.69) is 53.2 Å². The van der Waals surface area contributed by atoms with Gasteiger partial charge in [0.1, 0.15) is 0 Å². The lowest BCUT2D eigenvalue weighted by molar-refractivity contribution is 0.0179. The van der Waals surface area contributed by atoms with Crippen molar-refractivity contribution in [2.75, 3.05) is 66.2 Å². The predicted octanol–water partition coefficient (Wildman–Crippen LogP) is 2.92. The third-order valence-electron chi connectivity index (χ3n) is 5.65. The molecule has 1 aromatic rings. The van der Waals surface area contributed by atoms with E-state index in [9.17, 15) is 0 Å². The van der Waals surface area contributed by atoms with Crippen LogP contribution in [0.4, 0.5) is 0 Å². The van der Waals surface area contributed by atoms with E-state index in [1.165, 1.54) is 17.5 Å². The van der Waals surface area contributed by atoms with Crippen LogP contribution < -0.4 is 5.32 Å². The van der Waals surface area contributed by atoms with Gasteiger partial charge < -0.3 is 19.7 Å². The molecular weight excluding hydrogens is 479 g/mol. The van der Waals surface area contributed by atoms with Gasteiger partial charge in [-0.1, -0.05) is 29.8 Å². The highest BCUT2D eigenvalue weighted by atomic mass is 127. The number of aliphatic imine (C=N–C) groups is 1. The van der Waals surface area contributed by atoms with Gasteiger partial charge in [0, 0.05) is 45.8 Å². The van der Waals surface area contributed by atoms with Crippen LogP contribution in [-0.2, 0) is 9.47 Å². The van der Waals surface area contributed by atoms with Gasteiger partial charge in [-0.25, -0.2) is 0 Å². The van der Waals surface area contributed by atoms with Gasteiger partial charge in [-0.3, -0.25) is 9.89 Å². The largest absolute Gasteiger partial charge is 0.384 e. The second-order valence-corrected chi connectivity index (χ2v) is 7.83. The number of halogens is 1. The molecule has 29 heavy (non-hydrogen) atoms. The summed E-state index contributed by atoms with van der Waals surface area (Å²) in [5.41, 5.74) is 2.65. The molecule has 0 amide bonds. The second-order valence-electron chi connectivity index (χ2n) is 7.83. The van der Waals surface area contributed by atoms with Crippen LogP contribution in [-0.4, -0.2) is 82.0 Å². The number of morpholine rings is 1. The highest BCUT2D eigenvalue weighted by Crippen LogP contribution is 2.24. The first kappa shape index (κ1) is 24.4. The number of rotatable bonds is 7. The Labute approximate surface area is 193 Å². The van der Waals surface area contributed by atoms with Gasteiger partial charge in [0.15, 0.2) is 5.96 Å². The maximum absolute atomic E-state index is 5.58. The fourth-order valence-corrected chi connectivity index (χ4v) is 4.19. The van der Waals surface area contributed by atoms with Crippen molar-refractivity contribution in [3.8, 4) is 0 Å². The maximum atomic E-state index is 5.58. The van der Waals surface area contributed by atoms with Crippen molar-refractivity contribution < 1.29 is 9.47 Å². The molecule has 2 heterocycles. The molecule has 2 saturated heterocycles. The zero-order valence-electron chi connectivity index (χ0n) is 18.1. The number of ether oxygens (including phenoxy) is 2. The van der Waals surface area contributed by atoms with Crippen molar-refractivity contribution in [2.24, 2.45) is 10.9 Å². The van der Waals surface area contributed by atoms with Crippen LogP contribution in [0.25, 0.3) is 0 Å². The average molecular weight is 516 g/mol. The maximum Gasteiger partial charge on any atom is 0.193 e. The zero-order chi connectivity index (χ0) is 19.8. The molecule has 0 bridgehead atoms. The summed E-state index contributed by atoms with van der Waals surface area (Å²) < 4.78 is 10.9. The third-order valence-corrected chi connectivity index (χ3v) is 5.65. The van der Waals surface area contributed by atoms with E-state index < -0.39 is 0 Å². The number of nitrogens with one attached hydrogen (secondary N) is 1. The quantitative estimate of drug-likeness (QED) is 0.343. The van der Waals surface area contributed by atoms with Crippen molar-refractivity contribution in [1.29, 1.82) is 0 Å². The molecule has 1 N–H and O–H groups in total. The van der Waals surface area contributed by atoms with E-state index in [1.807, 2.05) is 0 Å². The van der Waals surface area contributed by atoms with Crippen LogP contribution in [0.2, 0.25) is 0 Å². The normalized spacial score (nSPS) is 21.7. The molecule has 0 aromatic heterocycles. The van der Waals surface area contributed by atoms with Crippen LogP contribution in [0.1, 0.15) is 30.5 Å². The minimum absolute atomic E-state index is 0. The number of hydrogen-bond acceptors (Lipinski definition) is 4. The highest BCUT2D eigenvalue weighted by Gasteiger charge is 2.26. The summed E-state index contributed by atoms with van der Waals surface area (Å²) >= 11 is 0. The molecule has 0 radical (unpaired) electrons. The number of hydrogen-bond donors (Lipinski definition) is 1. The molecule has 0 saturated carbocycles. The molecule has 164 valence electrons. The SMILES string of the molecule is CCNC(=NCC(c1cccc(C)c1)N1CCOCC1)N1CCC(COC)C1.I. The average Bonchev–Trinajstić information content (AvgIpc) is 3.17. The summed E-state index contributed by atoms with van der Waals surface area (Å²) in [4.78, 5) is 9.99. The number of guanidine groups is 1. The molecule has 7 heteroatoms. The summed E-state index contributed by atoms with van der Waals surface area (Å²) in [6, 6.07) is 9.14. The summed E-state index contributed by atoms with van der Waals surface area (Å²) in [7, 11) is 1.79. The Morgan fingerprint density at radius 1 is 1.31 bits per heavy atom. The molecule has 2 fully saturated rings. The number of aryl methyl sites for hydroxylation is 1. The third kappa shape index (κ3) is 7.08. The number of nitrogens with zero attached hydrogens (tertiary/aromatic N) is 3. The lowest BCUT2D eigenvalue weighted by atomic mass is 10.0. The van der Waals surface area contributed by atoms with Crippen molar-refractivity contribution in [2.45, 2.75) is 26.3 Å². The van der Waals surface area contributed by atoms with Gasteiger partial charge in [0.25, 0.3) is 0 Å². The molecule has 2 aliphatic rings. The van der Waals surface area contributed by atoms with Crippen molar-refractivity contribution >= 4 is 29.9 Å². The molecule has 2 aliphatic heterocycles. The Morgan fingerprint density at radius 3 is 2.79 bits per heavy atom. The van der Waals surface area contributed by atoms with Gasteiger partial charge in [-0.05, 0) is 25.8 Å². The fourth-order valence-electron chi connectivity index (χ4n) is 4.19. The Kier molecular flexibility index (Phi) is 10.7. The van der Waals surface area contributed by atoms with Crippen LogP contribution in [0.5, 0.6) is 0 Å². The summed E-state index contributed by atoms with van der Waals surface area (Å²) in [6.07, 6.45) is 1.17. The van der Waals surface area contributed by atoms with Gasteiger partial charge in [0.2, 0.25) is 0 Å². The highest BCUT2D eigenvalue weighted by molar-refractivity contribution is 14.0. The fraction of sp³-hybridized carbons (Fsp3) is 0.682. The predicted molar refractivity (Wildman–Crippen MR) is 129 cm³/mol. The molecule has 3 rings (SSSR count). The minimum atomic E-state index is 0. The smallest absolute Gasteiger partial charge is 0.193 e. The van der Waals surface area contributed by atoms with E-state index in [1.54, 1.807) is 7.11 Å². The Morgan fingerprint density at radius 2 is 2.10 bits per heavy atom. The molecule has 1 aromatic carbocycles. The summed E-state index contributed by atoms with van der Waals surface area (Å²) in [5, 5.41) is 3.50. The van der Waals surface area contributed by atoms with Gasteiger partial charge >= 0.3 is 0 Å². The molecule has 0 aliphatic carbocycles. The lowest BCUT2D eigenvalue weighted by Gasteiger charge is -2.34. The second kappa shape index (κ2) is 12.7. The van der Waals surface area contributed by atoms with Crippen LogP contribution in [0, 0.1) is 12.8 Å². The summed E-state index contributed by atoms with van der Waals surface area (Å²) in [6.45, 7) is 12.4. The van der Waals surface area contributed by atoms with Gasteiger partial charge in [-0.2, -0.15) is 0 Å². The van der Waals surface area contributed by atoms with E-state index in [0.29, 0.717) is 5.92 Å². The zero-order valence-corrected chi connectivity index (χ0v) is 20.4. The molecule has 2 atom stereocenters. The minimum Gasteiger partial charge on any atom is -0.384 e. The van der Waals surface area contributed by atoms with Crippen molar-refractivity contribution in [3.05, 3.63) is 35.4 Å². The van der Waals surface area contributed by atoms with E-state index in [0.717, 1.165) is 65.0 Å². The van der Waals surface area contributed by atoms with E-state index in [4.69, 9.17) is 14.5 Å². The van der Waals surface area contributed by atoms with Crippen LogP contribution >= 0.6 is 24.0 Å². The Balaban J connectivity index is 0.00000300. The molecule has 6 nitrogen and oxygen atoms in total. The van der Waals surface area contributed by atoms with Crippen LogP contribution in [0.3, 0.4) is 0 Å². The first-order valence-electron chi connectivity index (χ1n) is 10.6. The topological polar surface area (TPSA) is 49.3 Å². The lowest BCUT2D eigenvalue weighted by Crippen LogP contribution is -2.43. The Hall–Kier alpha value is -0.900. The molecule has 2 unspecified atom stereocenters. The number of benzene rings is 1. The number of methoxy groups -OCH3 is 1. The summed E-state index contributed by atoms with van der Waals surface area (Å²) in [5.74, 6) is 1.63. The monoisotopic (exact) mass is 516 g/mol. The van der Waals surface area contributed by atoms with Crippen LogP contribution in [0.15, 0.2) is 29.3 Å². The van der Waals surface area contributed by atoms with Crippen molar-refractivity contribution in [3.63, 3.8) is 0 Å². The molecule has 0 spiro atoms. The standard InChI is InChI=1S/C22H36N4O2.HI/c1-4-23-22(26-9-8-19(16-26)17-27-3)24-15-21(25-10-12-28-13-11-25)20-7-5-6-18(2)14-20;/h5-7,14,19,21H,4,8-13,15-17H2,1-3H3,(H,23,24);1H. The van der Waals surface area contributed by atoms with Crippen molar-refractivity contribution in [1.82, 2.24) is 15.1 Å². The first-order valence-corrected chi connectivity index (χ1v) is 10.6.